The quantitative estimate of drug-likeness (QED) is 0.898. The molecule has 96 valence electrons. The maximum Gasteiger partial charge on any atom is 0.0860 e. The van der Waals surface area contributed by atoms with E-state index in [0.717, 1.165) is 49.1 Å². The summed E-state index contributed by atoms with van der Waals surface area (Å²) in [6.45, 7) is 7.34. The Morgan fingerprint density at radius 2 is 2.41 bits per heavy atom. The predicted octanol–water partition coefficient (Wildman–Crippen LogP) is 2.13. The average molecular weight is 258 g/mol. The summed E-state index contributed by atoms with van der Waals surface area (Å²) in [5.74, 6) is 0. The molecule has 0 amide bonds. The Bertz CT molecular complexity index is 372. The lowest BCUT2D eigenvalue weighted by Crippen LogP contribution is -2.36. The van der Waals surface area contributed by atoms with E-state index in [2.05, 4.69) is 17.3 Å². The number of rotatable bonds is 4. The predicted molar refractivity (Wildman–Crippen MR) is 68.3 cm³/mol. The molecular formula is C12H20ClN3O. The first-order valence-corrected chi connectivity index (χ1v) is 6.63. The van der Waals surface area contributed by atoms with Gasteiger partial charge in [0.2, 0.25) is 0 Å². The van der Waals surface area contributed by atoms with Crippen molar-refractivity contribution in [3.8, 4) is 0 Å². The highest BCUT2D eigenvalue weighted by molar-refractivity contribution is 6.31. The van der Waals surface area contributed by atoms with Crippen molar-refractivity contribution >= 4 is 11.6 Å². The number of nitrogens with zero attached hydrogens (tertiary/aromatic N) is 2. The van der Waals surface area contributed by atoms with Gasteiger partial charge in [0, 0.05) is 25.7 Å². The molecule has 2 rings (SSSR count). The monoisotopic (exact) mass is 257 g/mol. The van der Waals surface area contributed by atoms with Crippen molar-refractivity contribution in [1.82, 2.24) is 15.1 Å². The van der Waals surface area contributed by atoms with Gasteiger partial charge in [0.05, 0.1) is 23.0 Å². The largest absolute Gasteiger partial charge is 0.380 e. The van der Waals surface area contributed by atoms with Gasteiger partial charge in [-0.1, -0.05) is 11.6 Å². The normalized spacial score (nSPS) is 20.8. The van der Waals surface area contributed by atoms with Gasteiger partial charge in [-0.05, 0) is 26.7 Å². The highest BCUT2D eigenvalue weighted by Crippen LogP contribution is 2.20. The van der Waals surface area contributed by atoms with Gasteiger partial charge in [0.25, 0.3) is 0 Å². The first-order valence-electron chi connectivity index (χ1n) is 6.25. The Balaban J connectivity index is 1.97. The zero-order valence-electron chi connectivity index (χ0n) is 10.5. The van der Waals surface area contributed by atoms with Crippen molar-refractivity contribution in [2.45, 2.75) is 45.8 Å². The van der Waals surface area contributed by atoms with Crippen LogP contribution in [0.25, 0.3) is 0 Å². The minimum atomic E-state index is 0.445. The van der Waals surface area contributed by atoms with E-state index in [0.29, 0.717) is 6.04 Å². The van der Waals surface area contributed by atoms with Crippen LogP contribution in [0.3, 0.4) is 0 Å². The molecule has 1 fully saturated rings. The number of aryl methyl sites for hydroxylation is 2. The minimum Gasteiger partial charge on any atom is -0.380 e. The topological polar surface area (TPSA) is 39.1 Å². The van der Waals surface area contributed by atoms with Gasteiger partial charge in [0.1, 0.15) is 0 Å². The Labute approximate surface area is 107 Å². The third-order valence-corrected chi connectivity index (χ3v) is 3.66. The molecule has 1 unspecified atom stereocenters. The molecule has 2 heterocycles. The molecule has 4 nitrogen and oxygen atoms in total. The van der Waals surface area contributed by atoms with Gasteiger partial charge in [-0.15, -0.1) is 0 Å². The van der Waals surface area contributed by atoms with Crippen molar-refractivity contribution in [2.24, 2.45) is 0 Å². The van der Waals surface area contributed by atoms with Crippen LogP contribution >= 0.6 is 11.6 Å². The Morgan fingerprint density at radius 1 is 1.59 bits per heavy atom. The standard InChI is InChI=1S/C12H20ClN3O/c1-3-16-11(12(13)9(2)15-16)7-14-10-5-4-6-17-8-10/h10,14H,3-8H2,1-2H3. The number of halogens is 1. The van der Waals surface area contributed by atoms with Crippen molar-refractivity contribution in [3.63, 3.8) is 0 Å². The molecule has 1 aromatic rings. The molecule has 0 spiro atoms. The molecule has 1 saturated heterocycles. The van der Waals surface area contributed by atoms with E-state index in [1.165, 1.54) is 6.42 Å². The fourth-order valence-corrected chi connectivity index (χ4v) is 2.38. The highest BCUT2D eigenvalue weighted by atomic mass is 35.5. The van der Waals surface area contributed by atoms with Crippen LogP contribution in [0, 0.1) is 6.92 Å². The van der Waals surface area contributed by atoms with E-state index in [4.69, 9.17) is 16.3 Å². The van der Waals surface area contributed by atoms with Crippen LogP contribution in [0.5, 0.6) is 0 Å². The Hall–Kier alpha value is -0.580. The summed E-state index contributed by atoms with van der Waals surface area (Å²) in [7, 11) is 0. The van der Waals surface area contributed by atoms with E-state index in [9.17, 15) is 0 Å². The first kappa shape index (κ1) is 12.9. The van der Waals surface area contributed by atoms with E-state index in [1.54, 1.807) is 0 Å². The number of hydrogen-bond donors (Lipinski definition) is 1. The van der Waals surface area contributed by atoms with Crippen molar-refractivity contribution in [2.75, 3.05) is 13.2 Å². The molecule has 0 bridgehead atoms. The van der Waals surface area contributed by atoms with E-state index >= 15 is 0 Å². The van der Waals surface area contributed by atoms with Crippen LogP contribution in [0.1, 0.15) is 31.2 Å². The summed E-state index contributed by atoms with van der Waals surface area (Å²) in [6, 6.07) is 0.445. The number of hydrogen-bond acceptors (Lipinski definition) is 3. The molecule has 1 aliphatic heterocycles. The highest BCUT2D eigenvalue weighted by Gasteiger charge is 2.16. The molecule has 0 aliphatic carbocycles. The van der Waals surface area contributed by atoms with Gasteiger partial charge in [0.15, 0.2) is 0 Å². The third kappa shape index (κ3) is 3.00. The molecule has 0 radical (unpaired) electrons. The summed E-state index contributed by atoms with van der Waals surface area (Å²) in [4.78, 5) is 0. The fraction of sp³-hybridized carbons (Fsp3) is 0.750. The summed E-state index contributed by atoms with van der Waals surface area (Å²) < 4.78 is 7.41. The molecule has 0 aromatic carbocycles. The molecular weight excluding hydrogens is 238 g/mol. The maximum atomic E-state index is 6.26. The van der Waals surface area contributed by atoms with Gasteiger partial charge >= 0.3 is 0 Å². The molecule has 1 aromatic heterocycles. The van der Waals surface area contributed by atoms with Crippen LogP contribution < -0.4 is 5.32 Å². The second-order valence-electron chi connectivity index (χ2n) is 4.46. The maximum absolute atomic E-state index is 6.26. The van der Waals surface area contributed by atoms with E-state index < -0.39 is 0 Å². The zero-order valence-corrected chi connectivity index (χ0v) is 11.3. The fourth-order valence-electron chi connectivity index (χ4n) is 2.18. The van der Waals surface area contributed by atoms with Crippen LogP contribution in [-0.2, 0) is 17.8 Å². The van der Waals surface area contributed by atoms with Crippen LogP contribution in [0.2, 0.25) is 5.02 Å². The zero-order chi connectivity index (χ0) is 12.3. The smallest absolute Gasteiger partial charge is 0.0860 e. The van der Waals surface area contributed by atoms with Crippen LogP contribution in [-0.4, -0.2) is 29.0 Å². The Kier molecular flexibility index (Phi) is 4.42. The van der Waals surface area contributed by atoms with Crippen molar-refractivity contribution < 1.29 is 4.74 Å². The van der Waals surface area contributed by atoms with Crippen molar-refractivity contribution in [3.05, 3.63) is 16.4 Å². The van der Waals surface area contributed by atoms with Gasteiger partial charge < -0.3 is 10.1 Å². The number of nitrogens with one attached hydrogen (secondary N) is 1. The van der Waals surface area contributed by atoms with Crippen molar-refractivity contribution in [1.29, 1.82) is 0 Å². The Morgan fingerprint density at radius 3 is 3.06 bits per heavy atom. The summed E-state index contributed by atoms with van der Waals surface area (Å²) >= 11 is 6.26. The second-order valence-corrected chi connectivity index (χ2v) is 4.83. The lowest BCUT2D eigenvalue weighted by Gasteiger charge is -2.23. The average Bonchev–Trinajstić information content (AvgIpc) is 2.64. The summed E-state index contributed by atoms with van der Waals surface area (Å²) in [6.07, 6.45) is 2.31. The van der Waals surface area contributed by atoms with E-state index in [1.807, 2.05) is 11.6 Å². The van der Waals surface area contributed by atoms with Gasteiger partial charge in [-0.25, -0.2) is 0 Å². The van der Waals surface area contributed by atoms with E-state index in [-0.39, 0.29) is 0 Å². The lowest BCUT2D eigenvalue weighted by atomic mass is 10.1. The van der Waals surface area contributed by atoms with Crippen LogP contribution in [0.4, 0.5) is 0 Å². The molecule has 0 saturated carbocycles. The third-order valence-electron chi connectivity index (χ3n) is 3.17. The molecule has 17 heavy (non-hydrogen) atoms. The molecule has 5 heteroatoms. The lowest BCUT2D eigenvalue weighted by molar-refractivity contribution is 0.0697. The molecule has 1 N–H and O–H groups in total. The first-order chi connectivity index (χ1) is 8.22. The van der Waals surface area contributed by atoms with Crippen LogP contribution in [0.15, 0.2) is 0 Å². The number of aromatic nitrogens is 2. The van der Waals surface area contributed by atoms with Gasteiger partial charge in [-0.2, -0.15) is 5.10 Å². The minimum absolute atomic E-state index is 0.445. The summed E-state index contributed by atoms with van der Waals surface area (Å²) in [5.41, 5.74) is 1.99. The SMILES string of the molecule is CCn1nc(C)c(Cl)c1CNC1CCCOC1. The number of ether oxygens (including phenoxy) is 1. The van der Waals surface area contributed by atoms with Gasteiger partial charge in [-0.3, -0.25) is 4.68 Å². The summed E-state index contributed by atoms with van der Waals surface area (Å²) in [5, 5.41) is 8.69. The molecule has 1 atom stereocenters. The second kappa shape index (κ2) is 5.85. The molecule has 1 aliphatic rings.